The van der Waals surface area contributed by atoms with Crippen LogP contribution in [0, 0.1) is 0 Å². The Bertz CT molecular complexity index is 506. The van der Waals surface area contributed by atoms with Gasteiger partial charge in [-0.3, -0.25) is 10.6 Å². The van der Waals surface area contributed by atoms with Crippen molar-refractivity contribution in [2.75, 3.05) is 25.1 Å². The van der Waals surface area contributed by atoms with Crippen LogP contribution in [0.4, 0.5) is 5.69 Å². The molecule has 1 amide bonds. The lowest BCUT2D eigenvalue weighted by Crippen LogP contribution is -2.46. The summed E-state index contributed by atoms with van der Waals surface area (Å²) in [4.78, 5) is 23.1. The number of ether oxygens (including phenoxy) is 1. The third-order valence-corrected chi connectivity index (χ3v) is 3.56. The zero-order chi connectivity index (χ0) is 15.4. The molecule has 21 heavy (non-hydrogen) atoms. The lowest BCUT2D eigenvalue weighted by Gasteiger charge is -2.32. The Kier molecular flexibility index (Phi) is 5.08. The lowest BCUT2D eigenvalue weighted by atomic mass is 10.1. The molecule has 2 rings (SSSR count). The highest BCUT2D eigenvalue weighted by Gasteiger charge is 2.27. The first-order chi connectivity index (χ1) is 10.1. The van der Waals surface area contributed by atoms with Crippen molar-refractivity contribution in [1.29, 1.82) is 0 Å². The average Bonchev–Trinajstić information content (AvgIpc) is 2.53. The molecule has 2 heterocycles. The van der Waals surface area contributed by atoms with Crippen molar-refractivity contribution in [1.82, 2.24) is 14.9 Å². The van der Waals surface area contributed by atoms with Gasteiger partial charge in [0, 0.05) is 19.0 Å². The van der Waals surface area contributed by atoms with Crippen molar-refractivity contribution in [3.05, 3.63) is 17.7 Å². The molecule has 1 aromatic heterocycles. The summed E-state index contributed by atoms with van der Waals surface area (Å²) in [6.45, 7) is 7.73. The number of nitrogens with one attached hydrogen (secondary N) is 1. The van der Waals surface area contributed by atoms with Crippen LogP contribution in [0.1, 0.15) is 49.4 Å². The van der Waals surface area contributed by atoms with Gasteiger partial charge in [-0.2, -0.15) is 0 Å². The number of morpholine rings is 1. The maximum atomic E-state index is 12.7. The number of anilines is 1. The van der Waals surface area contributed by atoms with Crippen LogP contribution in [0.2, 0.25) is 0 Å². The number of hydrazine groups is 1. The van der Waals surface area contributed by atoms with Gasteiger partial charge in [0.2, 0.25) is 0 Å². The molecule has 1 aliphatic rings. The molecule has 116 valence electrons. The summed E-state index contributed by atoms with van der Waals surface area (Å²) in [7, 11) is 0. The Morgan fingerprint density at radius 3 is 3.00 bits per heavy atom. The van der Waals surface area contributed by atoms with E-state index in [0.29, 0.717) is 36.9 Å². The van der Waals surface area contributed by atoms with Gasteiger partial charge in [-0.15, -0.1) is 0 Å². The van der Waals surface area contributed by atoms with Crippen LogP contribution in [0.5, 0.6) is 0 Å². The molecule has 0 radical (unpaired) electrons. The van der Waals surface area contributed by atoms with Crippen molar-refractivity contribution < 1.29 is 9.53 Å². The maximum absolute atomic E-state index is 12.7. The molecular weight excluding hydrogens is 270 g/mol. The van der Waals surface area contributed by atoms with E-state index >= 15 is 0 Å². The molecule has 0 bridgehead atoms. The first-order valence-electron chi connectivity index (χ1n) is 7.31. The van der Waals surface area contributed by atoms with Crippen molar-refractivity contribution in [2.24, 2.45) is 5.84 Å². The van der Waals surface area contributed by atoms with E-state index in [1.807, 2.05) is 20.8 Å². The van der Waals surface area contributed by atoms with Gasteiger partial charge < -0.3 is 15.1 Å². The van der Waals surface area contributed by atoms with E-state index in [1.54, 1.807) is 11.1 Å². The second-order valence-electron chi connectivity index (χ2n) is 5.44. The van der Waals surface area contributed by atoms with Crippen LogP contribution >= 0.6 is 0 Å². The topological polar surface area (TPSA) is 93.4 Å². The Labute approximate surface area is 124 Å². The number of hydrogen-bond donors (Lipinski definition) is 2. The average molecular weight is 293 g/mol. The molecule has 0 saturated carbocycles. The lowest BCUT2D eigenvalue weighted by molar-refractivity contribution is -0.0227. The number of rotatable bonds is 4. The van der Waals surface area contributed by atoms with Crippen LogP contribution in [0.15, 0.2) is 6.20 Å². The summed E-state index contributed by atoms with van der Waals surface area (Å²) in [5, 5.41) is 0. The minimum atomic E-state index is -0.131. The second kappa shape index (κ2) is 6.82. The summed E-state index contributed by atoms with van der Waals surface area (Å²) < 4.78 is 5.59. The van der Waals surface area contributed by atoms with E-state index in [9.17, 15) is 4.79 Å². The number of nitrogens with zero attached hydrogens (tertiary/aromatic N) is 3. The predicted octanol–water partition coefficient (Wildman–Crippen LogP) is 1.14. The Balaban J connectivity index is 2.26. The number of carbonyl (C=O) groups is 1. The summed E-state index contributed by atoms with van der Waals surface area (Å²) in [6.07, 6.45) is 2.53. The molecule has 3 N–H and O–H groups in total. The second-order valence-corrected chi connectivity index (χ2v) is 5.44. The molecule has 7 nitrogen and oxygen atoms in total. The predicted molar refractivity (Wildman–Crippen MR) is 79.9 cm³/mol. The van der Waals surface area contributed by atoms with E-state index in [4.69, 9.17) is 10.6 Å². The van der Waals surface area contributed by atoms with Gasteiger partial charge in [0.25, 0.3) is 5.91 Å². The first-order valence-corrected chi connectivity index (χ1v) is 7.31. The van der Waals surface area contributed by atoms with Crippen molar-refractivity contribution in [3.63, 3.8) is 0 Å². The Morgan fingerprint density at radius 2 is 2.38 bits per heavy atom. The minimum Gasteiger partial charge on any atom is -0.375 e. The molecule has 0 aliphatic carbocycles. The van der Waals surface area contributed by atoms with Crippen LogP contribution < -0.4 is 11.3 Å². The van der Waals surface area contributed by atoms with Crippen LogP contribution in [0.3, 0.4) is 0 Å². The summed E-state index contributed by atoms with van der Waals surface area (Å²) in [6, 6.07) is 0. The fourth-order valence-corrected chi connectivity index (χ4v) is 2.24. The minimum absolute atomic E-state index is 0.0865. The molecule has 7 heteroatoms. The number of amides is 1. The van der Waals surface area contributed by atoms with Crippen LogP contribution in [0.25, 0.3) is 0 Å². The van der Waals surface area contributed by atoms with Gasteiger partial charge in [-0.05, 0) is 6.42 Å². The van der Waals surface area contributed by atoms with Crippen molar-refractivity contribution >= 4 is 11.6 Å². The number of hydrogen-bond acceptors (Lipinski definition) is 6. The van der Waals surface area contributed by atoms with Gasteiger partial charge in [0.15, 0.2) is 5.69 Å². The highest BCUT2D eigenvalue weighted by molar-refractivity contribution is 5.97. The fourth-order valence-electron chi connectivity index (χ4n) is 2.24. The molecule has 1 atom stereocenters. The van der Waals surface area contributed by atoms with E-state index < -0.39 is 0 Å². The molecule has 1 aliphatic heterocycles. The highest BCUT2D eigenvalue weighted by Crippen LogP contribution is 2.19. The Morgan fingerprint density at radius 1 is 1.62 bits per heavy atom. The highest BCUT2D eigenvalue weighted by atomic mass is 16.5. The summed E-state index contributed by atoms with van der Waals surface area (Å²) >= 11 is 0. The molecule has 1 aromatic rings. The Hall–Kier alpha value is -1.73. The van der Waals surface area contributed by atoms with E-state index in [1.165, 1.54) is 0 Å². The monoisotopic (exact) mass is 293 g/mol. The zero-order valence-electron chi connectivity index (χ0n) is 12.8. The summed E-state index contributed by atoms with van der Waals surface area (Å²) in [5.74, 6) is 6.13. The van der Waals surface area contributed by atoms with Gasteiger partial charge >= 0.3 is 0 Å². The molecule has 0 spiro atoms. The van der Waals surface area contributed by atoms with E-state index in [2.05, 4.69) is 15.4 Å². The quantitative estimate of drug-likeness (QED) is 0.638. The van der Waals surface area contributed by atoms with Crippen LogP contribution in [-0.2, 0) is 4.74 Å². The fraction of sp³-hybridized carbons (Fsp3) is 0.643. The number of carbonyl (C=O) groups excluding carboxylic acids is 1. The number of nitrogens with two attached hydrogens (primary N) is 1. The first kappa shape index (κ1) is 15.7. The van der Waals surface area contributed by atoms with E-state index in [0.717, 1.165) is 6.42 Å². The SMILES string of the molecule is CCC1CN(C(=O)c2nc(C(C)C)ncc2NN)CCO1. The number of aromatic nitrogens is 2. The maximum Gasteiger partial charge on any atom is 0.274 e. The molecule has 1 saturated heterocycles. The van der Waals surface area contributed by atoms with Gasteiger partial charge in [0.1, 0.15) is 5.82 Å². The standard InChI is InChI=1S/C14H23N5O2/c1-4-10-8-19(5-6-21-10)14(20)12-11(18-15)7-16-13(17-12)9(2)3/h7,9-10,18H,4-6,8,15H2,1-3H3. The van der Waals surface area contributed by atoms with Gasteiger partial charge in [-0.25, -0.2) is 9.97 Å². The van der Waals surface area contributed by atoms with Gasteiger partial charge in [-0.1, -0.05) is 20.8 Å². The zero-order valence-corrected chi connectivity index (χ0v) is 12.8. The number of nitrogen functional groups attached to an aromatic ring is 1. The smallest absolute Gasteiger partial charge is 0.274 e. The summed E-state index contributed by atoms with van der Waals surface area (Å²) in [5.41, 5.74) is 3.28. The third kappa shape index (κ3) is 3.48. The van der Waals surface area contributed by atoms with Crippen molar-refractivity contribution in [2.45, 2.75) is 39.2 Å². The molecule has 1 unspecified atom stereocenters. The molecular formula is C14H23N5O2. The molecule has 0 aromatic carbocycles. The largest absolute Gasteiger partial charge is 0.375 e. The normalized spacial score (nSPS) is 18.9. The van der Waals surface area contributed by atoms with Crippen LogP contribution in [-0.4, -0.2) is 46.6 Å². The third-order valence-electron chi connectivity index (χ3n) is 3.56. The van der Waals surface area contributed by atoms with Crippen molar-refractivity contribution in [3.8, 4) is 0 Å². The molecule has 1 fully saturated rings. The van der Waals surface area contributed by atoms with Gasteiger partial charge in [0.05, 0.1) is 24.6 Å². The van der Waals surface area contributed by atoms with E-state index in [-0.39, 0.29) is 17.9 Å².